The highest BCUT2D eigenvalue weighted by Gasteiger charge is 2.31. The number of hydrogen-bond acceptors (Lipinski definition) is 1. The van der Waals surface area contributed by atoms with Crippen molar-refractivity contribution in [1.82, 2.24) is 5.32 Å². The van der Waals surface area contributed by atoms with Gasteiger partial charge in [-0.05, 0) is 42.3 Å². The number of likely N-dealkylation sites (N-methyl/N-ethyl adjacent to an activating group) is 1. The molecule has 1 unspecified atom stereocenters. The van der Waals surface area contributed by atoms with Crippen molar-refractivity contribution in [2.24, 2.45) is 0 Å². The lowest BCUT2D eigenvalue weighted by molar-refractivity contribution is 0.368. The Balaban J connectivity index is 2.40. The zero-order valence-corrected chi connectivity index (χ0v) is 13.3. The molecule has 1 nitrogen and oxygen atoms in total. The monoisotopic (exact) mass is 285 g/mol. The molecule has 0 aliphatic heterocycles. The second-order valence-electron chi connectivity index (χ2n) is 6.05. The molecule has 0 aliphatic carbocycles. The van der Waals surface area contributed by atoms with E-state index in [1.165, 1.54) is 23.3 Å². The molecule has 0 saturated heterocycles. The van der Waals surface area contributed by atoms with Gasteiger partial charge in [0.25, 0.3) is 0 Å². The van der Waals surface area contributed by atoms with Gasteiger partial charge in [0.05, 0.1) is 0 Å². The fourth-order valence-electron chi connectivity index (χ4n) is 2.98. The van der Waals surface area contributed by atoms with Crippen LogP contribution in [0.5, 0.6) is 0 Å². The van der Waals surface area contributed by atoms with Crippen molar-refractivity contribution in [3.8, 4) is 0 Å². The summed E-state index contributed by atoms with van der Waals surface area (Å²) in [7, 11) is 1.98. The average Bonchev–Trinajstić information content (AvgIpc) is 2.48. The summed E-state index contributed by atoms with van der Waals surface area (Å²) in [5.41, 5.74) is 3.61. The summed E-state index contributed by atoms with van der Waals surface area (Å²) in [6.07, 6.45) is 1.03. The van der Waals surface area contributed by atoms with Crippen molar-refractivity contribution in [2.75, 3.05) is 7.05 Å². The molecule has 1 N–H and O–H groups in total. The van der Waals surface area contributed by atoms with Crippen LogP contribution in [0.3, 0.4) is 0 Å². The first-order valence-electron chi connectivity index (χ1n) is 7.51. The van der Waals surface area contributed by atoms with Gasteiger partial charge in [-0.1, -0.05) is 57.2 Å². The maximum Gasteiger partial charge on any atom is 0.123 e. The summed E-state index contributed by atoms with van der Waals surface area (Å²) < 4.78 is 13.2. The Morgan fingerprint density at radius 3 is 2.33 bits per heavy atom. The molecule has 0 spiro atoms. The van der Waals surface area contributed by atoms with Crippen molar-refractivity contribution >= 4 is 0 Å². The Bertz CT molecular complexity index is 587. The lowest BCUT2D eigenvalue weighted by atomic mass is 9.74. The minimum Gasteiger partial charge on any atom is -0.312 e. The summed E-state index contributed by atoms with van der Waals surface area (Å²) in [6.45, 7) is 6.55. The molecule has 0 heterocycles. The fraction of sp³-hybridized carbons (Fsp3) is 0.368. The maximum atomic E-state index is 13.2. The highest BCUT2D eigenvalue weighted by molar-refractivity contribution is 5.34. The number of nitrogens with one attached hydrogen (secondary N) is 1. The molecule has 0 amide bonds. The van der Waals surface area contributed by atoms with Gasteiger partial charge in [0, 0.05) is 11.5 Å². The summed E-state index contributed by atoms with van der Waals surface area (Å²) in [6, 6.07) is 15.7. The van der Waals surface area contributed by atoms with Crippen LogP contribution in [0.2, 0.25) is 0 Å². The molecule has 112 valence electrons. The second-order valence-corrected chi connectivity index (χ2v) is 6.05. The van der Waals surface area contributed by atoms with Crippen LogP contribution < -0.4 is 5.32 Å². The zero-order chi connectivity index (χ0) is 15.5. The van der Waals surface area contributed by atoms with Crippen LogP contribution >= 0.6 is 0 Å². The molecule has 1 atom stereocenters. The first kappa shape index (κ1) is 15.7. The predicted molar refractivity (Wildman–Crippen MR) is 87.0 cm³/mol. The molecule has 2 aromatic rings. The van der Waals surface area contributed by atoms with Gasteiger partial charge in [-0.25, -0.2) is 4.39 Å². The molecule has 2 aromatic carbocycles. The zero-order valence-electron chi connectivity index (χ0n) is 13.3. The molecule has 0 aliphatic rings. The molecule has 2 rings (SSSR count). The van der Waals surface area contributed by atoms with E-state index in [9.17, 15) is 4.39 Å². The van der Waals surface area contributed by atoms with E-state index in [0.29, 0.717) is 0 Å². The highest BCUT2D eigenvalue weighted by atomic mass is 19.1. The van der Waals surface area contributed by atoms with Gasteiger partial charge in [0.2, 0.25) is 0 Å². The van der Waals surface area contributed by atoms with Gasteiger partial charge in [-0.15, -0.1) is 0 Å². The third kappa shape index (κ3) is 3.33. The number of halogens is 1. The molecule has 0 radical (unpaired) electrons. The van der Waals surface area contributed by atoms with Gasteiger partial charge < -0.3 is 5.32 Å². The van der Waals surface area contributed by atoms with Crippen molar-refractivity contribution in [3.63, 3.8) is 0 Å². The second kappa shape index (κ2) is 6.40. The van der Waals surface area contributed by atoms with Gasteiger partial charge in [0.15, 0.2) is 0 Å². The summed E-state index contributed by atoms with van der Waals surface area (Å²) in [5.74, 6) is -0.191. The molecule has 0 saturated carbocycles. The molecule has 0 aromatic heterocycles. The SMILES string of the molecule is CCc1cccc(C(NC)C(C)(C)c2ccc(F)cc2)c1. The third-order valence-electron chi connectivity index (χ3n) is 4.29. The van der Waals surface area contributed by atoms with E-state index in [1.807, 2.05) is 19.2 Å². The summed E-state index contributed by atoms with van der Waals surface area (Å²) in [4.78, 5) is 0. The van der Waals surface area contributed by atoms with E-state index in [0.717, 1.165) is 12.0 Å². The number of aryl methyl sites for hydroxylation is 1. The van der Waals surface area contributed by atoms with Crippen molar-refractivity contribution in [1.29, 1.82) is 0 Å². The van der Waals surface area contributed by atoms with Crippen molar-refractivity contribution < 1.29 is 4.39 Å². The van der Waals surface area contributed by atoms with Crippen molar-refractivity contribution in [3.05, 3.63) is 71.0 Å². The Kier molecular flexibility index (Phi) is 4.79. The van der Waals surface area contributed by atoms with Crippen molar-refractivity contribution in [2.45, 2.75) is 38.6 Å². The lowest BCUT2D eigenvalue weighted by Gasteiger charge is -2.35. The predicted octanol–water partition coefficient (Wildman–Crippen LogP) is 4.63. The lowest BCUT2D eigenvalue weighted by Crippen LogP contribution is -2.35. The van der Waals surface area contributed by atoms with Crippen LogP contribution in [0, 0.1) is 5.82 Å². The molecular formula is C19H24FN. The van der Waals surface area contributed by atoms with Crippen LogP contribution in [0.4, 0.5) is 4.39 Å². The first-order valence-corrected chi connectivity index (χ1v) is 7.51. The van der Waals surface area contributed by atoms with Crippen LogP contribution in [-0.2, 0) is 11.8 Å². The maximum absolute atomic E-state index is 13.2. The number of hydrogen-bond donors (Lipinski definition) is 1. The molecule has 0 bridgehead atoms. The smallest absolute Gasteiger partial charge is 0.123 e. The van der Waals surface area contributed by atoms with E-state index in [2.05, 4.69) is 50.4 Å². The molecule has 0 fully saturated rings. The molecular weight excluding hydrogens is 261 g/mol. The Labute approximate surface area is 127 Å². The fourth-order valence-corrected chi connectivity index (χ4v) is 2.98. The Hall–Kier alpha value is -1.67. The van der Waals surface area contributed by atoms with Gasteiger partial charge in [-0.3, -0.25) is 0 Å². The van der Waals surface area contributed by atoms with E-state index in [-0.39, 0.29) is 17.3 Å². The number of rotatable bonds is 5. The van der Waals surface area contributed by atoms with Crippen LogP contribution in [-0.4, -0.2) is 7.05 Å². The van der Waals surface area contributed by atoms with E-state index < -0.39 is 0 Å². The van der Waals surface area contributed by atoms with E-state index in [4.69, 9.17) is 0 Å². The molecule has 2 heteroatoms. The van der Waals surface area contributed by atoms with Gasteiger partial charge >= 0.3 is 0 Å². The van der Waals surface area contributed by atoms with Crippen LogP contribution in [0.15, 0.2) is 48.5 Å². The first-order chi connectivity index (χ1) is 9.98. The summed E-state index contributed by atoms with van der Waals surface area (Å²) in [5, 5.41) is 3.43. The third-order valence-corrected chi connectivity index (χ3v) is 4.29. The molecule has 21 heavy (non-hydrogen) atoms. The highest BCUT2D eigenvalue weighted by Crippen LogP contribution is 2.37. The normalized spacial score (nSPS) is 13.2. The minimum absolute atomic E-state index is 0.130. The largest absolute Gasteiger partial charge is 0.312 e. The van der Waals surface area contributed by atoms with Crippen LogP contribution in [0.1, 0.15) is 43.5 Å². The van der Waals surface area contributed by atoms with Crippen LogP contribution in [0.25, 0.3) is 0 Å². The minimum atomic E-state index is -0.191. The average molecular weight is 285 g/mol. The summed E-state index contributed by atoms with van der Waals surface area (Å²) >= 11 is 0. The van der Waals surface area contributed by atoms with Gasteiger partial charge in [0.1, 0.15) is 5.82 Å². The van der Waals surface area contributed by atoms with E-state index in [1.54, 1.807) is 0 Å². The standard InChI is InChI=1S/C19H24FN/c1-5-14-7-6-8-15(13-14)18(21-4)19(2,3)16-9-11-17(20)12-10-16/h6-13,18,21H,5H2,1-4H3. The Morgan fingerprint density at radius 2 is 1.76 bits per heavy atom. The number of benzene rings is 2. The van der Waals surface area contributed by atoms with Gasteiger partial charge in [-0.2, -0.15) is 0 Å². The van der Waals surface area contributed by atoms with E-state index >= 15 is 0 Å². The quantitative estimate of drug-likeness (QED) is 0.844. The Morgan fingerprint density at radius 1 is 1.10 bits per heavy atom. The topological polar surface area (TPSA) is 12.0 Å².